The molecular weight excluding hydrogens is 451 g/mol. The number of amides is 1. The highest BCUT2D eigenvalue weighted by Crippen LogP contribution is 2.46. The van der Waals surface area contributed by atoms with Gasteiger partial charge in [-0.3, -0.25) is 4.79 Å². The third kappa shape index (κ3) is 3.90. The molecule has 2 N–H and O–H groups in total. The number of hydrogen-bond donors (Lipinski definition) is 2. The Morgan fingerprint density at radius 3 is 2.69 bits per heavy atom. The van der Waals surface area contributed by atoms with Crippen molar-refractivity contribution >= 4 is 40.0 Å². The van der Waals surface area contributed by atoms with Crippen LogP contribution < -0.4 is 15.0 Å². The number of aliphatic carboxylic acids is 1. The first-order valence-electron chi connectivity index (χ1n) is 9.10. The van der Waals surface area contributed by atoms with E-state index in [2.05, 4.69) is 21.2 Å². The number of halogens is 2. The van der Waals surface area contributed by atoms with E-state index in [-0.39, 0.29) is 41.9 Å². The van der Waals surface area contributed by atoms with Gasteiger partial charge in [0, 0.05) is 24.9 Å². The second kappa shape index (κ2) is 7.47. The minimum atomic E-state index is -1.62. The Morgan fingerprint density at radius 1 is 1.41 bits per heavy atom. The summed E-state index contributed by atoms with van der Waals surface area (Å²) < 4.78 is 25.3. The highest BCUT2D eigenvalue weighted by atomic mass is 79.9. The third-order valence-corrected chi connectivity index (χ3v) is 5.67. The van der Waals surface area contributed by atoms with Crippen molar-refractivity contribution in [1.29, 1.82) is 0 Å². The summed E-state index contributed by atoms with van der Waals surface area (Å²) in [6.45, 7) is 5.38. The quantitative estimate of drug-likeness (QED) is 0.648. The summed E-state index contributed by atoms with van der Waals surface area (Å²) in [7, 11) is 0. The molecule has 1 atom stereocenters. The Labute approximate surface area is 175 Å². The van der Waals surface area contributed by atoms with Crippen LogP contribution >= 0.6 is 15.9 Å². The molecule has 0 radical (unpaired) electrons. The van der Waals surface area contributed by atoms with Crippen LogP contribution in [0.15, 0.2) is 4.47 Å². The third-order valence-electron chi connectivity index (χ3n) is 4.89. The molecule has 2 aliphatic rings. The van der Waals surface area contributed by atoms with E-state index in [4.69, 9.17) is 9.47 Å². The number of fused-ring (bicyclic) bond motifs is 1. The summed E-state index contributed by atoms with van der Waals surface area (Å²) in [5, 5.41) is 12.3. The largest absolute Gasteiger partial charge is 0.491 e. The zero-order valence-electron chi connectivity index (χ0n) is 16.3. The van der Waals surface area contributed by atoms with E-state index < -0.39 is 29.0 Å². The number of carboxylic acids is 1. The lowest BCUT2D eigenvalue weighted by atomic mass is 9.99. The summed E-state index contributed by atoms with van der Waals surface area (Å²) in [4.78, 5) is 37.6. The summed E-state index contributed by atoms with van der Waals surface area (Å²) in [5.41, 5.74) is -1.69. The monoisotopic (exact) mass is 472 g/mol. The van der Waals surface area contributed by atoms with Gasteiger partial charge in [-0.15, -0.1) is 0 Å². The van der Waals surface area contributed by atoms with Crippen LogP contribution in [0.5, 0.6) is 5.75 Å². The first-order chi connectivity index (χ1) is 13.5. The van der Waals surface area contributed by atoms with Gasteiger partial charge in [-0.2, -0.15) is 0 Å². The molecule has 1 fully saturated rings. The number of hydrogen-bond acceptors (Lipinski definition) is 6. The van der Waals surface area contributed by atoms with Gasteiger partial charge in [-0.1, -0.05) is 0 Å². The highest BCUT2D eigenvalue weighted by Gasteiger charge is 2.48. The van der Waals surface area contributed by atoms with Gasteiger partial charge in [0.15, 0.2) is 11.8 Å². The van der Waals surface area contributed by atoms with E-state index in [1.807, 2.05) is 0 Å². The minimum absolute atomic E-state index is 0.0136. The summed E-state index contributed by atoms with van der Waals surface area (Å²) >= 11 is 3.13. The zero-order valence-corrected chi connectivity index (χ0v) is 17.9. The van der Waals surface area contributed by atoms with Crippen LogP contribution in [0.4, 0.5) is 14.9 Å². The number of aldehydes is 1. The zero-order chi connectivity index (χ0) is 21.6. The second-order valence-electron chi connectivity index (χ2n) is 8.10. The summed E-state index contributed by atoms with van der Waals surface area (Å²) in [6, 6.07) is 0. The first-order valence-corrected chi connectivity index (χ1v) is 9.89. The van der Waals surface area contributed by atoms with E-state index >= 15 is 0 Å². The molecule has 2 aliphatic heterocycles. The Hall–Kier alpha value is -2.36. The SMILES string of the molecule is CC(C)(C)OC(=O)NC1(C(=O)O)CCN(c2c(C=O)c(Br)c(F)c3c2OCC3)C1. The van der Waals surface area contributed by atoms with Gasteiger partial charge in [-0.05, 0) is 36.7 Å². The number of nitrogens with one attached hydrogen (secondary N) is 1. The molecule has 29 heavy (non-hydrogen) atoms. The van der Waals surface area contributed by atoms with Crippen molar-refractivity contribution in [3.05, 3.63) is 21.4 Å². The summed E-state index contributed by atoms with van der Waals surface area (Å²) in [6.07, 6.45) is 0.0787. The molecule has 0 aliphatic carbocycles. The van der Waals surface area contributed by atoms with Crippen LogP contribution in [0, 0.1) is 5.82 Å². The van der Waals surface area contributed by atoms with E-state index in [0.29, 0.717) is 24.0 Å². The Balaban J connectivity index is 1.96. The minimum Gasteiger partial charge on any atom is -0.491 e. The average molecular weight is 473 g/mol. The number of carboxylic acid groups (broad SMARTS) is 1. The van der Waals surface area contributed by atoms with Gasteiger partial charge in [0.05, 0.1) is 28.9 Å². The Kier molecular flexibility index (Phi) is 5.50. The molecule has 2 heterocycles. The number of carbonyl (C=O) groups excluding carboxylic acids is 2. The number of nitrogens with zero attached hydrogens (tertiary/aromatic N) is 1. The molecule has 1 unspecified atom stereocenters. The van der Waals surface area contributed by atoms with E-state index in [9.17, 15) is 23.9 Å². The average Bonchev–Trinajstić information content (AvgIpc) is 3.24. The highest BCUT2D eigenvalue weighted by molar-refractivity contribution is 9.10. The topological polar surface area (TPSA) is 105 Å². The second-order valence-corrected chi connectivity index (χ2v) is 8.89. The van der Waals surface area contributed by atoms with Crippen molar-refractivity contribution in [2.45, 2.75) is 44.8 Å². The molecule has 1 aromatic rings. The van der Waals surface area contributed by atoms with Gasteiger partial charge in [0.2, 0.25) is 0 Å². The maximum absolute atomic E-state index is 14.6. The maximum atomic E-state index is 14.6. The molecule has 0 bridgehead atoms. The van der Waals surface area contributed by atoms with Crippen LogP contribution in [-0.4, -0.2) is 54.3 Å². The van der Waals surface area contributed by atoms with Crippen molar-refractivity contribution in [3.8, 4) is 5.75 Å². The Bertz CT molecular complexity index is 885. The molecule has 158 valence electrons. The van der Waals surface area contributed by atoms with E-state index in [1.165, 1.54) is 0 Å². The number of benzene rings is 1. The first kappa shape index (κ1) is 21.4. The van der Waals surface area contributed by atoms with E-state index in [1.54, 1.807) is 25.7 Å². The normalized spacial score (nSPS) is 20.8. The molecule has 10 heteroatoms. The number of carbonyl (C=O) groups is 3. The van der Waals surface area contributed by atoms with Crippen molar-refractivity contribution < 1.29 is 33.4 Å². The number of anilines is 1. The predicted molar refractivity (Wildman–Crippen MR) is 105 cm³/mol. The maximum Gasteiger partial charge on any atom is 0.408 e. The van der Waals surface area contributed by atoms with Gasteiger partial charge < -0.3 is 24.8 Å². The van der Waals surface area contributed by atoms with E-state index in [0.717, 1.165) is 0 Å². The molecule has 0 spiro atoms. The van der Waals surface area contributed by atoms with Crippen molar-refractivity contribution in [3.63, 3.8) is 0 Å². The van der Waals surface area contributed by atoms with Crippen molar-refractivity contribution in [2.75, 3.05) is 24.6 Å². The standard InChI is InChI=1S/C19H22BrFN2O6/c1-18(2,3)29-17(27)22-19(16(25)26)5-6-23(9-19)14-11(8-24)12(20)13(21)10-4-7-28-15(10)14/h8H,4-7,9H2,1-3H3,(H,22,27)(H,25,26). The Morgan fingerprint density at radius 2 is 2.10 bits per heavy atom. The number of ether oxygens (including phenoxy) is 2. The van der Waals surface area contributed by atoms with Crippen LogP contribution in [0.3, 0.4) is 0 Å². The molecular formula is C19H22BrFN2O6. The summed E-state index contributed by atoms with van der Waals surface area (Å²) in [5.74, 6) is -1.54. The number of rotatable bonds is 4. The van der Waals surface area contributed by atoms with Crippen molar-refractivity contribution in [2.24, 2.45) is 0 Å². The molecule has 3 rings (SSSR count). The fourth-order valence-electron chi connectivity index (χ4n) is 3.60. The van der Waals surface area contributed by atoms with Crippen molar-refractivity contribution in [1.82, 2.24) is 5.32 Å². The molecule has 0 saturated carbocycles. The lowest BCUT2D eigenvalue weighted by Gasteiger charge is -2.29. The van der Waals surface area contributed by atoms with Crippen LogP contribution in [0.1, 0.15) is 43.1 Å². The molecule has 1 amide bonds. The number of alkyl carbamates (subject to hydrolysis) is 1. The van der Waals surface area contributed by atoms with Gasteiger partial charge in [0.25, 0.3) is 0 Å². The fraction of sp³-hybridized carbons (Fsp3) is 0.526. The molecule has 8 nitrogen and oxygen atoms in total. The molecule has 1 aromatic carbocycles. The van der Waals surface area contributed by atoms with Gasteiger partial charge in [0.1, 0.15) is 17.2 Å². The van der Waals surface area contributed by atoms with Gasteiger partial charge in [-0.25, -0.2) is 14.0 Å². The molecule has 0 aromatic heterocycles. The van der Waals surface area contributed by atoms with Crippen LogP contribution in [0.25, 0.3) is 0 Å². The van der Waals surface area contributed by atoms with Gasteiger partial charge >= 0.3 is 12.1 Å². The smallest absolute Gasteiger partial charge is 0.408 e. The fourth-order valence-corrected chi connectivity index (χ4v) is 4.13. The predicted octanol–water partition coefficient (Wildman–Crippen LogP) is 2.89. The van der Waals surface area contributed by atoms with Crippen LogP contribution in [-0.2, 0) is 16.0 Å². The molecule has 1 saturated heterocycles. The van der Waals surface area contributed by atoms with Crippen LogP contribution in [0.2, 0.25) is 0 Å². The lowest BCUT2D eigenvalue weighted by Crippen LogP contribution is -2.57. The lowest BCUT2D eigenvalue weighted by molar-refractivity contribution is -0.143.